The van der Waals surface area contributed by atoms with Crippen LogP contribution in [0.5, 0.6) is 5.75 Å². The van der Waals surface area contributed by atoms with E-state index in [9.17, 15) is 26.4 Å². The Labute approximate surface area is 166 Å². The summed E-state index contributed by atoms with van der Waals surface area (Å²) in [5.74, 6) is -1.05. The van der Waals surface area contributed by atoms with Crippen molar-refractivity contribution in [1.82, 2.24) is 4.90 Å². The van der Waals surface area contributed by atoms with Gasteiger partial charge in [0.25, 0.3) is 5.91 Å². The number of hydrogen-bond donors (Lipinski definition) is 0. The number of ether oxygens (including phenoxy) is 1. The number of hydrogen-bond acceptors (Lipinski definition) is 4. The highest BCUT2D eigenvalue weighted by Gasteiger charge is 2.40. The molecule has 156 valence electrons. The van der Waals surface area contributed by atoms with Crippen LogP contribution in [-0.4, -0.2) is 49.4 Å². The first kappa shape index (κ1) is 21.2. The summed E-state index contributed by atoms with van der Waals surface area (Å²) in [5, 5.41) is -0.0882. The van der Waals surface area contributed by atoms with Crippen molar-refractivity contribution >= 4 is 27.3 Å². The van der Waals surface area contributed by atoms with E-state index in [1.54, 1.807) is 4.90 Å². The van der Waals surface area contributed by atoms with Gasteiger partial charge in [0.15, 0.2) is 16.4 Å². The molecule has 1 aromatic rings. The predicted octanol–water partition coefficient (Wildman–Crippen LogP) is 3.70. The summed E-state index contributed by atoms with van der Waals surface area (Å²) in [6.07, 6.45) is -0.935. The van der Waals surface area contributed by atoms with Gasteiger partial charge in [-0.2, -0.15) is 13.2 Å². The number of benzene rings is 1. The zero-order valence-electron chi connectivity index (χ0n) is 15.0. The number of nitrogens with zero attached hydrogens (tertiary/aromatic N) is 1. The van der Waals surface area contributed by atoms with E-state index in [0.717, 1.165) is 37.8 Å². The molecule has 0 spiro atoms. The quantitative estimate of drug-likeness (QED) is 0.701. The fourth-order valence-corrected chi connectivity index (χ4v) is 5.83. The zero-order valence-corrected chi connectivity index (χ0v) is 16.6. The smallest absolute Gasteiger partial charge is 0.420 e. The highest BCUT2D eigenvalue weighted by molar-refractivity contribution is 7.91. The lowest BCUT2D eigenvalue weighted by atomic mass is 10.1. The van der Waals surface area contributed by atoms with Gasteiger partial charge in [-0.3, -0.25) is 4.79 Å². The normalized spacial score (nSPS) is 22.4. The Morgan fingerprint density at radius 3 is 2.43 bits per heavy atom. The van der Waals surface area contributed by atoms with Crippen molar-refractivity contribution in [1.29, 1.82) is 0 Å². The fraction of sp³-hybridized carbons (Fsp3) is 0.611. The van der Waals surface area contributed by atoms with Crippen LogP contribution >= 0.6 is 11.6 Å². The lowest BCUT2D eigenvalue weighted by molar-refractivity contribution is -0.142. The van der Waals surface area contributed by atoms with Crippen LogP contribution in [0.1, 0.15) is 37.7 Å². The van der Waals surface area contributed by atoms with E-state index in [1.807, 2.05) is 0 Å². The monoisotopic (exact) mass is 439 g/mol. The summed E-state index contributed by atoms with van der Waals surface area (Å²) in [6.45, 7) is -0.586. The maximum absolute atomic E-state index is 13.2. The second-order valence-corrected chi connectivity index (χ2v) is 9.89. The topological polar surface area (TPSA) is 63.7 Å². The lowest BCUT2D eigenvalue weighted by Gasteiger charge is -2.34. The first-order valence-corrected chi connectivity index (χ1v) is 11.3. The standard InChI is InChI=1S/C18H21ClF3NO4S/c19-12-5-6-16(15(9-12)18(20,21)22)27-10-17(24)23(13-3-1-2-4-13)14-7-8-28(25,26)11-14/h5-6,9,13-14H,1-4,7-8,10-11H2/t14-/m1/s1. The Bertz CT molecular complexity index is 838. The molecule has 10 heteroatoms. The summed E-state index contributed by atoms with van der Waals surface area (Å²) in [6, 6.07) is 2.55. The van der Waals surface area contributed by atoms with Crippen LogP contribution in [0.15, 0.2) is 18.2 Å². The lowest BCUT2D eigenvalue weighted by Crippen LogP contribution is -2.48. The minimum Gasteiger partial charge on any atom is -0.483 e. The molecule has 3 rings (SSSR count). The van der Waals surface area contributed by atoms with E-state index in [1.165, 1.54) is 6.07 Å². The number of rotatable bonds is 5. The number of halogens is 4. The van der Waals surface area contributed by atoms with Gasteiger partial charge in [-0.25, -0.2) is 8.42 Å². The van der Waals surface area contributed by atoms with Crippen molar-refractivity contribution in [2.24, 2.45) is 0 Å². The average Bonchev–Trinajstić information content (AvgIpc) is 3.23. The summed E-state index contributed by atoms with van der Waals surface area (Å²) >= 11 is 5.65. The second-order valence-electron chi connectivity index (χ2n) is 7.22. The molecule has 1 aliphatic carbocycles. The molecular formula is C18H21ClF3NO4S. The molecule has 0 N–H and O–H groups in total. The van der Waals surface area contributed by atoms with Gasteiger partial charge in [0.05, 0.1) is 17.1 Å². The van der Waals surface area contributed by atoms with Gasteiger partial charge >= 0.3 is 6.18 Å². The molecule has 5 nitrogen and oxygen atoms in total. The molecule has 1 saturated heterocycles. The third-order valence-corrected chi connectivity index (χ3v) is 7.19. The molecule has 28 heavy (non-hydrogen) atoms. The van der Waals surface area contributed by atoms with Gasteiger partial charge in [0.2, 0.25) is 0 Å². The van der Waals surface area contributed by atoms with Crippen LogP contribution in [0.25, 0.3) is 0 Å². The van der Waals surface area contributed by atoms with E-state index in [-0.39, 0.29) is 22.6 Å². The van der Waals surface area contributed by atoms with E-state index in [2.05, 4.69) is 0 Å². The zero-order chi connectivity index (χ0) is 20.5. The number of alkyl halides is 3. The van der Waals surface area contributed by atoms with Crippen molar-refractivity contribution in [2.75, 3.05) is 18.1 Å². The summed E-state index contributed by atoms with van der Waals surface area (Å²) in [7, 11) is -3.20. The van der Waals surface area contributed by atoms with Gasteiger partial charge in [-0.05, 0) is 37.5 Å². The third-order valence-electron chi connectivity index (χ3n) is 5.21. The molecule has 1 saturated carbocycles. The molecule has 1 atom stereocenters. The number of amides is 1. The number of carbonyl (C=O) groups excluding carboxylic acids is 1. The summed E-state index contributed by atoms with van der Waals surface area (Å²) < 4.78 is 68.5. The van der Waals surface area contributed by atoms with Crippen molar-refractivity contribution in [2.45, 2.75) is 50.4 Å². The molecule has 2 aliphatic rings. The number of sulfone groups is 1. The van der Waals surface area contributed by atoms with Crippen molar-refractivity contribution in [3.05, 3.63) is 28.8 Å². The maximum atomic E-state index is 13.2. The van der Waals surface area contributed by atoms with Crippen LogP contribution in [-0.2, 0) is 20.8 Å². The van der Waals surface area contributed by atoms with Gasteiger partial charge in [-0.1, -0.05) is 24.4 Å². The van der Waals surface area contributed by atoms with Crippen LogP contribution in [0, 0.1) is 0 Å². The second kappa shape index (κ2) is 8.10. The highest BCUT2D eigenvalue weighted by Crippen LogP contribution is 2.38. The predicted molar refractivity (Wildman–Crippen MR) is 98.1 cm³/mol. The summed E-state index contributed by atoms with van der Waals surface area (Å²) in [4.78, 5) is 14.4. The molecule has 1 aromatic carbocycles. The molecule has 0 aromatic heterocycles. The van der Waals surface area contributed by atoms with Crippen LogP contribution in [0.2, 0.25) is 5.02 Å². The summed E-state index contributed by atoms with van der Waals surface area (Å²) in [5.41, 5.74) is -1.05. The molecule has 1 heterocycles. The minimum absolute atomic E-state index is 0.0183. The maximum Gasteiger partial charge on any atom is 0.420 e. The van der Waals surface area contributed by atoms with Crippen molar-refractivity contribution < 1.29 is 31.1 Å². The molecule has 0 bridgehead atoms. The van der Waals surface area contributed by atoms with Crippen molar-refractivity contribution in [3.63, 3.8) is 0 Å². The Hall–Kier alpha value is -1.48. The average molecular weight is 440 g/mol. The van der Waals surface area contributed by atoms with Gasteiger partial charge < -0.3 is 9.64 Å². The van der Waals surface area contributed by atoms with Crippen molar-refractivity contribution in [3.8, 4) is 5.75 Å². The Balaban J connectivity index is 1.76. The van der Waals surface area contributed by atoms with Gasteiger partial charge in [-0.15, -0.1) is 0 Å². The molecule has 2 fully saturated rings. The Morgan fingerprint density at radius 2 is 1.86 bits per heavy atom. The Kier molecular flexibility index (Phi) is 6.14. The largest absolute Gasteiger partial charge is 0.483 e. The fourth-order valence-electron chi connectivity index (χ4n) is 3.95. The molecule has 0 unspecified atom stereocenters. The van der Waals surface area contributed by atoms with Gasteiger partial charge in [0.1, 0.15) is 5.75 Å². The highest BCUT2D eigenvalue weighted by atomic mass is 35.5. The minimum atomic E-state index is -4.67. The molecule has 1 aliphatic heterocycles. The molecule has 0 radical (unpaired) electrons. The van der Waals surface area contributed by atoms with Gasteiger partial charge in [0, 0.05) is 17.1 Å². The van der Waals surface area contributed by atoms with E-state index >= 15 is 0 Å². The van der Waals surface area contributed by atoms with Crippen LogP contribution in [0.4, 0.5) is 13.2 Å². The molecule has 1 amide bonds. The Morgan fingerprint density at radius 1 is 1.18 bits per heavy atom. The molecular weight excluding hydrogens is 419 g/mol. The number of carbonyl (C=O) groups is 1. The van der Waals surface area contributed by atoms with Crippen LogP contribution < -0.4 is 4.74 Å². The SMILES string of the molecule is O=C(COc1ccc(Cl)cc1C(F)(F)F)N(C1CCCC1)[C@@H]1CCS(=O)(=O)C1. The van der Waals surface area contributed by atoms with E-state index in [4.69, 9.17) is 16.3 Å². The van der Waals surface area contributed by atoms with E-state index in [0.29, 0.717) is 6.42 Å². The third kappa shape index (κ3) is 4.92. The van der Waals surface area contributed by atoms with Crippen LogP contribution in [0.3, 0.4) is 0 Å². The van der Waals surface area contributed by atoms with E-state index < -0.39 is 45.9 Å². The first-order valence-electron chi connectivity index (χ1n) is 9.08. The first-order chi connectivity index (χ1) is 13.1.